The summed E-state index contributed by atoms with van der Waals surface area (Å²) in [7, 11) is 0. The summed E-state index contributed by atoms with van der Waals surface area (Å²) >= 11 is 0. The summed E-state index contributed by atoms with van der Waals surface area (Å²) in [6.45, 7) is 21.2. The number of halogens is 2. The molecule has 0 aromatic heterocycles. The molecule has 2 unspecified atom stereocenters. The number of fused-ring (bicyclic) bond motifs is 8. The molecule has 2 aromatic rings. The summed E-state index contributed by atoms with van der Waals surface area (Å²) in [5, 5.41) is 0. The number of hydrogen-bond acceptors (Lipinski definition) is 2. The van der Waals surface area contributed by atoms with Gasteiger partial charge in [0.05, 0.1) is 62.2 Å². The average Bonchev–Trinajstić information content (AvgIpc) is 3.80. The number of nitrogens with zero attached hydrogens (tertiary/aromatic N) is 4. The van der Waals surface area contributed by atoms with Crippen LogP contribution in [0.4, 0.5) is 11.4 Å². The summed E-state index contributed by atoms with van der Waals surface area (Å²) in [4.78, 5) is 5.86. The molecule has 0 N–H and O–H groups in total. The molecule has 12 atom stereocenters. The minimum Gasteiger partial charge on any atom is -1.00 e. The molecule has 6 fully saturated rings. The average molecular weight is 799 g/mol. The molecule has 7 aliphatic heterocycles. The zero-order chi connectivity index (χ0) is 32.2. The molecule has 2 aliphatic carbocycles. The maximum absolute atomic E-state index is 4.35. The van der Waals surface area contributed by atoms with Crippen LogP contribution in [0.3, 0.4) is 0 Å². The van der Waals surface area contributed by atoms with E-state index in [1.807, 2.05) is 0 Å². The molecule has 264 valence electrons. The summed E-state index contributed by atoms with van der Waals surface area (Å²) in [6.07, 6.45) is 18.0. The van der Waals surface area contributed by atoms with Gasteiger partial charge < -0.3 is 52.7 Å². The molecule has 2 spiro atoms. The van der Waals surface area contributed by atoms with E-state index in [4.69, 9.17) is 0 Å². The van der Waals surface area contributed by atoms with Crippen LogP contribution in [0.5, 0.6) is 0 Å². The van der Waals surface area contributed by atoms with Gasteiger partial charge in [0.15, 0.2) is 0 Å². The lowest BCUT2D eigenvalue weighted by atomic mass is 9.54. The van der Waals surface area contributed by atoms with Gasteiger partial charge in [-0.15, -0.1) is 0 Å². The van der Waals surface area contributed by atoms with Crippen molar-refractivity contribution in [3.63, 3.8) is 0 Å². The highest BCUT2D eigenvalue weighted by Gasteiger charge is 2.75. The van der Waals surface area contributed by atoms with Crippen molar-refractivity contribution in [3.8, 4) is 0 Å². The van der Waals surface area contributed by atoms with Crippen molar-refractivity contribution in [3.05, 3.63) is 109 Å². The molecular weight excluding hydrogens is 744 g/mol. The van der Waals surface area contributed by atoms with E-state index in [0.717, 1.165) is 24.9 Å². The van der Waals surface area contributed by atoms with Crippen LogP contribution in [-0.2, 0) is 10.8 Å². The molecule has 4 bridgehead atoms. The van der Waals surface area contributed by atoms with Crippen LogP contribution < -0.4 is 43.8 Å². The number of hydrogen-bond donors (Lipinski definition) is 0. The third-order valence-electron chi connectivity index (χ3n) is 16.7. The van der Waals surface area contributed by atoms with E-state index in [1.54, 1.807) is 22.3 Å². The Bertz CT molecular complexity index is 1700. The van der Waals surface area contributed by atoms with Gasteiger partial charge in [-0.05, 0) is 71.2 Å². The SMILES string of the molecule is C=CC[N+]12CC[C@@]34c5ccccc5N5/C=C6/[C@H]7C[C@H]8[C@@]9(CC[N+]8(CC=C)C[C@H]7CC)c7ccccc7N(/C=C(/[C@@H](C[C@@H]31)[C@H](CC)C2)[C@H]54)[C@@H]69.[Br-].[Br-]. The Morgan fingerprint density at radius 2 is 1.10 bits per heavy atom. The minimum absolute atomic E-state index is 0. The van der Waals surface area contributed by atoms with Crippen LogP contribution in [0.15, 0.2) is 97.4 Å². The Balaban J connectivity index is 0.00000168. The summed E-state index contributed by atoms with van der Waals surface area (Å²) < 4.78 is 2.54. The maximum Gasteiger partial charge on any atom is 0.102 e. The summed E-state index contributed by atoms with van der Waals surface area (Å²) in [5.41, 5.74) is 10.2. The fourth-order valence-electron chi connectivity index (χ4n) is 15.3. The normalized spacial score (nSPS) is 46.3. The Labute approximate surface area is 321 Å². The van der Waals surface area contributed by atoms with Gasteiger partial charge in [-0.1, -0.05) is 63.4 Å². The molecule has 7 heterocycles. The topological polar surface area (TPSA) is 6.48 Å². The fraction of sp³-hybridized carbons (Fsp3) is 0.545. The molecule has 9 aliphatic rings. The highest BCUT2D eigenvalue weighted by Crippen LogP contribution is 2.70. The van der Waals surface area contributed by atoms with Crippen LogP contribution in [-0.4, -0.2) is 72.4 Å². The van der Waals surface area contributed by atoms with E-state index in [-0.39, 0.29) is 44.8 Å². The standard InChI is InChI=1S/C44H54N4.2BrH/c1-5-19-47-21-17-43-35-13-9-11-15-37(35)45-26-34-32-24-40-44(18-22-48(40,20-6-2)28-30(32)8-4)36-14-10-12-16-38(36)46(42(34)44)25-33(41(43)45)31(23-39(43)47)29(7-3)27-47;;/h5-6,9-16,25-26,29-32,39-42H,1-2,7-8,17-24,27-28H2,3-4H3;2*1H/q+2;;/p-2/b33-25-,34-26-;;/t29-,30-,31+,32+,39+,40+,41+,42+,43-,44-,47?,48?;;/m1../s1. The predicted molar refractivity (Wildman–Crippen MR) is 196 cm³/mol. The Kier molecular flexibility index (Phi) is 7.55. The lowest BCUT2D eigenvalue weighted by Crippen LogP contribution is -3.00. The molecule has 4 nitrogen and oxygen atoms in total. The lowest BCUT2D eigenvalue weighted by molar-refractivity contribution is -0.946. The molecule has 4 saturated heterocycles. The second-order valence-corrected chi connectivity index (χ2v) is 17.7. The van der Waals surface area contributed by atoms with Crippen molar-refractivity contribution in [2.24, 2.45) is 23.7 Å². The zero-order valence-electron chi connectivity index (χ0n) is 30.0. The Hall–Kier alpha value is -2.12. The van der Waals surface area contributed by atoms with Crippen molar-refractivity contribution < 1.29 is 42.9 Å². The molecular formula is C44H54Br2N4. The van der Waals surface area contributed by atoms with E-state index >= 15 is 0 Å². The predicted octanol–water partition coefficient (Wildman–Crippen LogP) is 1.70. The van der Waals surface area contributed by atoms with Gasteiger partial charge in [0, 0.05) is 61.3 Å². The number of quaternary nitrogens is 2. The van der Waals surface area contributed by atoms with Gasteiger partial charge in [0.1, 0.15) is 12.1 Å². The summed E-state index contributed by atoms with van der Waals surface area (Å²) in [5.74, 6) is 2.74. The second kappa shape index (κ2) is 11.2. The number of piperidine rings is 2. The molecule has 2 aromatic carbocycles. The smallest absolute Gasteiger partial charge is 0.102 e. The highest BCUT2D eigenvalue weighted by molar-refractivity contribution is 5.76. The van der Waals surface area contributed by atoms with Gasteiger partial charge in [-0.25, -0.2) is 0 Å². The second-order valence-electron chi connectivity index (χ2n) is 17.7. The fourth-order valence-corrected chi connectivity index (χ4v) is 15.3. The first-order valence-electron chi connectivity index (χ1n) is 19.6. The van der Waals surface area contributed by atoms with Crippen LogP contribution in [0.2, 0.25) is 0 Å². The van der Waals surface area contributed by atoms with Crippen molar-refractivity contribution in [2.75, 3.05) is 49.1 Å². The van der Waals surface area contributed by atoms with Crippen LogP contribution in [0.1, 0.15) is 63.5 Å². The van der Waals surface area contributed by atoms with Crippen molar-refractivity contribution in [1.29, 1.82) is 0 Å². The molecule has 50 heavy (non-hydrogen) atoms. The van der Waals surface area contributed by atoms with E-state index in [9.17, 15) is 0 Å². The first-order chi connectivity index (χ1) is 23.5. The Morgan fingerprint density at radius 3 is 1.50 bits per heavy atom. The monoisotopic (exact) mass is 796 g/mol. The van der Waals surface area contributed by atoms with Gasteiger partial charge >= 0.3 is 0 Å². The number of anilines is 2. The minimum atomic E-state index is 0. The maximum atomic E-state index is 4.35. The highest BCUT2D eigenvalue weighted by atomic mass is 79.9. The first-order valence-corrected chi connectivity index (χ1v) is 19.6. The first kappa shape index (κ1) is 33.7. The van der Waals surface area contributed by atoms with Crippen molar-refractivity contribution in [1.82, 2.24) is 0 Å². The molecule has 0 amide bonds. The molecule has 0 radical (unpaired) electrons. The quantitative estimate of drug-likeness (QED) is 0.325. The third kappa shape index (κ3) is 3.62. The lowest BCUT2D eigenvalue weighted by Gasteiger charge is -2.60. The third-order valence-corrected chi connectivity index (χ3v) is 16.7. The van der Waals surface area contributed by atoms with Crippen LogP contribution in [0.25, 0.3) is 0 Å². The zero-order valence-corrected chi connectivity index (χ0v) is 33.2. The number of para-hydroxylation sites is 2. The number of benzene rings is 2. The summed E-state index contributed by atoms with van der Waals surface area (Å²) in [6, 6.07) is 21.7. The molecule has 2 saturated carbocycles. The van der Waals surface area contributed by atoms with Crippen LogP contribution in [0, 0.1) is 23.7 Å². The molecule has 11 rings (SSSR count). The van der Waals surface area contributed by atoms with Gasteiger partial charge in [0.25, 0.3) is 0 Å². The van der Waals surface area contributed by atoms with Gasteiger partial charge in [-0.2, -0.15) is 0 Å². The molecule has 6 heteroatoms. The largest absolute Gasteiger partial charge is 1.00 e. The van der Waals surface area contributed by atoms with E-state index in [0.29, 0.717) is 36.0 Å². The van der Waals surface area contributed by atoms with Crippen molar-refractivity contribution >= 4 is 11.4 Å². The Morgan fingerprint density at radius 1 is 0.680 bits per heavy atom. The number of rotatable bonds is 6. The van der Waals surface area contributed by atoms with E-state index < -0.39 is 0 Å². The van der Waals surface area contributed by atoms with Crippen LogP contribution >= 0.6 is 0 Å². The van der Waals surface area contributed by atoms with E-state index in [1.165, 1.54) is 85.0 Å². The van der Waals surface area contributed by atoms with Crippen molar-refractivity contribution in [2.45, 2.75) is 87.4 Å². The van der Waals surface area contributed by atoms with E-state index in [2.05, 4.69) is 110 Å². The van der Waals surface area contributed by atoms with Gasteiger partial charge in [-0.3, -0.25) is 0 Å². The van der Waals surface area contributed by atoms with Gasteiger partial charge in [0.2, 0.25) is 0 Å².